The van der Waals surface area contributed by atoms with E-state index in [1.165, 1.54) is 6.33 Å². The number of piperidine rings is 1. The van der Waals surface area contributed by atoms with Crippen LogP contribution in [0.5, 0.6) is 17.5 Å². The molecule has 1 aromatic heterocycles. The maximum atomic E-state index is 15.1. The lowest BCUT2D eigenvalue weighted by molar-refractivity contribution is -0.114. The molecule has 0 N–H and O–H groups in total. The number of carbonyl (C=O) groups is 1. The van der Waals surface area contributed by atoms with Gasteiger partial charge in [0, 0.05) is 24.9 Å². The van der Waals surface area contributed by atoms with Crippen LogP contribution in [0.2, 0.25) is 5.02 Å². The highest BCUT2D eigenvalue weighted by Gasteiger charge is 2.45. The van der Waals surface area contributed by atoms with E-state index in [0.717, 1.165) is 0 Å². The normalized spacial score (nSPS) is 22.9. The van der Waals surface area contributed by atoms with E-state index < -0.39 is 11.4 Å². The van der Waals surface area contributed by atoms with E-state index in [-0.39, 0.29) is 41.5 Å². The van der Waals surface area contributed by atoms with E-state index in [9.17, 15) is 4.79 Å². The van der Waals surface area contributed by atoms with Crippen LogP contribution in [0.25, 0.3) is 0 Å². The Hall–Kier alpha value is -2.65. The molecule has 0 radical (unpaired) electrons. The van der Waals surface area contributed by atoms with Crippen molar-refractivity contribution in [3.8, 4) is 17.5 Å². The van der Waals surface area contributed by atoms with Crippen LogP contribution in [-0.2, 0) is 9.47 Å². The summed E-state index contributed by atoms with van der Waals surface area (Å²) < 4.78 is 37.7. The van der Waals surface area contributed by atoms with Crippen molar-refractivity contribution < 1.29 is 28.1 Å². The molecule has 8 nitrogen and oxygen atoms in total. The maximum absolute atomic E-state index is 15.1. The number of fused-ring (bicyclic) bond motifs is 2. The number of para-hydroxylation sites is 1. The van der Waals surface area contributed by atoms with Gasteiger partial charge in [0.15, 0.2) is 0 Å². The lowest BCUT2D eigenvalue weighted by Crippen LogP contribution is -2.59. The third-order valence-corrected chi connectivity index (χ3v) is 5.48. The number of ether oxygens (including phenoxy) is 4. The van der Waals surface area contributed by atoms with Crippen molar-refractivity contribution in [3.63, 3.8) is 0 Å². The zero-order chi connectivity index (χ0) is 22.9. The molecule has 3 heterocycles. The molecule has 2 aromatic rings. The van der Waals surface area contributed by atoms with Gasteiger partial charge in [-0.3, -0.25) is 0 Å². The van der Waals surface area contributed by atoms with Gasteiger partial charge in [-0.1, -0.05) is 23.7 Å². The predicted molar refractivity (Wildman–Crippen MR) is 114 cm³/mol. The van der Waals surface area contributed by atoms with E-state index in [1.54, 1.807) is 29.2 Å². The molecule has 2 fully saturated rings. The van der Waals surface area contributed by atoms with Gasteiger partial charge in [-0.15, -0.1) is 0 Å². The monoisotopic (exact) mass is 465 g/mol. The van der Waals surface area contributed by atoms with Gasteiger partial charge in [-0.05, 0) is 32.9 Å². The number of amides is 1. The summed E-state index contributed by atoms with van der Waals surface area (Å²) in [5.74, 6) is -1.35. The summed E-state index contributed by atoms with van der Waals surface area (Å²) in [5, 5.41) is 0.328. The predicted octanol–water partition coefficient (Wildman–Crippen LogP) is 4.32. The fraction of sp³-hybridized carbons (Fsp3) is 0.500. The standard InChI is InChI=1S/C22H25ClFN3O5/c1-22(2,3)32-21(28)27-8-13-10-29-11-14(9-27)18(13)31-20-17(24)19(25-12-26-20)30-16-7-5-4-6-15(16)23/h4-7,12-14,18H,8-11H2,1-3H3. The van der Waals surface area contributed by atoms with E-state index >= 15 is 4.39 Å². The second-order valence-electron chi connectivity index (χ2n) is 8.86. The Kier molecular flexibility index (Phi) is 6.39. The highest BCUT2D eigenvalue weighted by Crippen LogP contribution is 2.35. The van der Waals surface area contributed by atoms with Crippen LogP contribution in [0.1, 0.15) is 20.8 Å². The van der Waals surface area contributed by atoms with Gasteiger partial charge in [0.05, 0.1) is 18.2 Å². The molecule has 2 bridgehead atoms. The Morgan fingerprint density at radius 2 is 1.81 bits per heavy atom. The number of hydrogen-bond donors (Lipinski definition) is 0. The van der Waals surface area contributed by atoms with Crippen molar-refractivity contribution >= 4 is 17.7 Å². The minimum absolute atomic E-state index is 0.155. The van der Waals surface area contributed by atoms with Crippen LogP contribution in [0.15, 0.2) is 30.6 Å². The van der Waals surface area contributed by atoms with Gasteiger partial charge >= 0.3 is 6.09 Å². The van der Waals surface area contributed by atoms with Crippen LogP contribution in [0.4, 0.5) is 9.18 Å². The molecule has 2 aliphatic rings. The average molecular weight is 466 g/mol. The molecule has 2 saturated heterocycles. The number of rotatable bonds is 4. The summed E-state index contributed by atoms with van der Waals surface area (Å²) in [6.45, 7) is 7.00. The van der Waals surface area contributed by atoms with Crippen LogP contribution in [0.3, 0.4) is 0 Å². The second kappa shape index (κ2) is 9.07. The first-order valence-electron chi connectivity index (χ1n) is 10.4. The molecule has 10 heteroatoms. The van der Waals surface area contributed by atoms with Crippen LogP contribution in [0, 0.1) is 17.7 Å². The molecule has 4 rings (SSSR count). The second-order valence-corrected chi connectivity index (χ2v) is 9.26. The van der Waals surface area contributed by atoms with Gasteiger partial charge in [0.25, 0.3) is 11.8 Å². The molecule has 1 amide bonds. The van der Waals surface area contributed by atoms with E-state index in [4.69, 9.17) is 30.5 Å². The van der Waals surface area contributed by atoms with E-state index in [1.807, 2.05) is 20.8 Å². The van der Waals surface area contributed by atoms with Crippen LogP contribution in [-0.4, -0.2) is 59.0 Å². The highest BCUT2D eigenvalue weighted by molar-refractivity contribution is 6.32. The van der Waals surface area contributed by atoms with Crippen molar-refractivity contribution in [2.75, 3.05) is 26.3 Å². The lowest BCUT2D eigenvalue weighted by Gasteiger charge is -2.46. The quantitative estimate of drug-likeness (QED) is 0.664. The summed E-state index contributed by atoms with van der Waals surface area (Å²) in [6, 6.07) is 6.70. The summed E-state index contributed by atoms with van der Waals surface area (Å²) in [4.78, 5) is 22.0. The van der Waals surface area contributed by atoms with E-state index in [0.29, 0.717) is 31.3 Å². The van der Waals surface area contributed by atoms with Gasteiger partial charge in [-0.2, -0.15) is 14.4 Å². The zero-order valence-corrected chi connectivity index (χ0v) is 18.8. The number of likely N-dealkylation sites (tertiary alicyclic amines) is 1. The maximum Gasteiger partial charge on any atom is 0.410 e. The summed E-state index contributed by atoms with van der Waals surface area (Å²) >= 11 is 6.09. The Balaban J connectivity index is 1.49. The third-order valence-electron chi connectivity index (χ3n) is 5.17. The van der Waals surface area contributed by atoms with Crippen molar-refractivity contribution in [3.05, 3.63) is 41.4 Å². The Morgan fingerprint density at radius 1 is 1.16 bits per heavy atom. The molecular weight excluding hydrogens is 441 g/mol. The fourth-order valence-corrected chi connectivity index (χ4v) is 3.99. The Bertz CT molecular complexity index is 972. The Labute approximate surface area is 190 Å². The smallest absolute Gasteiger partial charge is 0.410 e. The molecule has 32 heavy (non-hydrogen) atoms. The first-order valence-corrected chi connectivity index (χ1v) is 10.7. The van der Waals surface area contributed by atoms with Crippen molar-refractivity contribution in [1.82, 2.24) is 14.9 Å². The molecule has 172 valence electrons. The molecule has 1 aromatic carbocycles. The first kappa shape index (κ1) is 22.5. The molecule has 2 atom stereocenters. The molecule has 0 saturated carbocycles. The van der Waals surface area contributed by atoms with Gasteiger partial charge in [-0.25, -0.2) is 4.79 Å². The molecule has 2 aliphatic heterocycles. The molecule has 0 aliphatic carbocycles. The first-order chi connectivity index (χ1) is 15.2. The van der Waals surface area contributed by atoms with Gasteiger partial charge in [0.1, 0.15) is 23.8 Å². The summed E-state index contributed by atoms with van der Waals surface area (Å²) in [7, 11) is 0. The average Bonchev–Trinajstić information content (AvgIpc) is 2.71. The molecule has 2 unspecified atom stereocenters. The fourth-order valence-electron chi connectivity index (χ4n) is 3.82. The number of halogens is 2. The topological polar surface area (TPSA) is 83.0 Å². The molecular formula is C22H25ClFN3O5. The summed E-state index contributed by atoms with van der Waals surface area (Å²) in [5.41, 5.74) is -0.585. The zero-order valence-electron chi connectivity index (χ0n) is 18.1. The largest absolute Gasteiger partial charge is 0.471 e. The van der Waals surface area contributed by atoms with Crippen molar-refractivity contribution in [1.29, 1.82) is 0 Å². The Morgan fingerprint density at radius 3 is 2.47 bits per heavy atom. The number of benzene rings is 1. The highest BCUT2D eigenvalue weighted by atomic mass is 35.5. The van der Waals surface area contributed by atoms with Crippen LogP contribution >= 0.6 is 11.6 Å². The lowest BCUT2D eigenvalue weighted by atomic mass is 9.84. The van der Waals surface area contributed by atoms with Gasteiger partial charge in [0.2, 0.25) is 5.82 Å². The van der Waals surface area contributed by atoms with Crippen molar-refractivity contribution in [2.45, 2.75) is 32.5 Å². The molecule has 0 spiro atoms. The SMILES string of the molecule is CC(C)(C)OC(=O)N1CC2COCC(C1)C2Oc1ncnc(Oc2ccccc2Cl)c1F. The minimum Gasteiger partial charge on any atom is -0.471 e. The van der Waals surface area contributed by atoms with E-state index in [2.05, 4.69) is 9.97 Å². The summed E-state index contributed by atoms with van der Waals surface area (Å²) in [6.07, 6.45) is 0.420. The minimum atomic E-state index is -0.819. The number of nitrogens with zero attached hydrogens (tertiary/aromatic N) is 3. The van der Waals surface area contributed by atoms with Gasteiger partial charge < -0.3 is 23.8 Å². The third kappa shape index (κ3) is 5.05. The van der Waals surface area contributed by atoms with Crippen molar-refractivity contribution in [2.24, 2.45) is 11.8 Å². The number of hydrogen-bond acceptors (Lipinski definition) is 7. The number of carbonyl (C=O) groups excluding carboxylic acids is 1. The number of aromatic nitrogens is 2. The van der Waals surface area contributed by atoms with Crippen LogP contribution < -0.4 is 9.47 Å².